The van der Waals surface area contributed by atoms with Gasteiger partial charge in [0.05, 0.1) is 26.0 Å². The van der Waals surface area contributed by atoms with Crippen LogP contribution in [0.3, 0.4) is 0 Å². The van der Waals surface area contributed by atoms with Crippen LogP contribution in [0.5, 0.6) is 5.75 Å². The Balaban J connectivity index is 0.000000993. The van der Waals surface area contributed by atoms with Gasteiger partial charge in [0.15, 0.2) is 0 Å². The summed E-state index contributed by atoms with van der Waals surface area (Å²) in [5.41, 5.74) is 9.06. The molecule has 0 unspecified atom stereocenters. The van der Waals surface area contributed by atoms with Gasteiger partial charge >= 0.3 is 5.97 Å². The Morgan fingerprint density at radius 1 is 1.19 bits per heavy atom. The van der Waals surface area contributed by atoms with Crippen LogP contribution < -0.4 is 31.5 Å². The van der Waals surface area contributed by atoms with Gasteiger partial charge in [-0.3, -0.25) is 5.01 Å². The molecule has 0 bridgehead atoms. The van der Waals surface area contributed by atoms with E-state index in [9.17, 15) is 4.79 Å². The first-order valence-electron chi connectivity index (χ1n) is 14.2. The van der Waals surface area contributed by atoms with Crippen LogP contribution >= 0.6 is 0 Å². The van der Waals surface area contributed by atoms with E-state index < -0.39 is 5.97 Å². The Morgan fingerprint density at radius 3 is 2.49 bits per heavy atom. The molecule has 1 saturated heterocycles. The van der Waals surface area contributed by atoms with Crippen LogP contribution in [0.1, 0.15) is 39.2 Å². The van der Waals surface area contributed by atoms with Gasteiger partial charge in [-0.2, -0.15) is 4.98 Å². The second-order valence-corrected chi connectivity index (χ2v) is 9.48. The molecule has 43 heavy (non-hydrogen) atoms. The van der Waals surface area contributed by atoms with Gasteiger partial charge in [-0.15, -0.1) is 0 Å². The number of aromatic nitrogens is 2. The summed E-state index contributed by atoms with van der Waals surface area (Å²) in [7, 11) is 3.09. The van der Waals surface area contributed by atoms with Crippen LogP contribution in [0.2, 0.25) is 0 Å². The minimum atomic E-state index is -1.00. The number of ether oxygens (including phenoxy) is 2. The first kappa shape index (κ1) is 34.7. The molecule has 4 rings (SSSR count). The number of hydrogen-bond donors (Lipinski definition) is 4. The number of nitrogens with zero attached hydrogens (tertiary/aromatic N) is 4. The molecule has 232 valence electrons. The number of methoxy groups -OCH3 is 1. The van der Waals surface area contributed by atoms with E-state index in [0.29, 0.717) is 55.1 Å². The maximum Gasteiger partial charge on any atom is 0.328 e. The van der Waals surface area contributed by atoms with Gasteiger partial charge < -0.3 is 30.5 Å². The van der Waals surface area contributed by atoms with Crippen molar-refractivity contribution in [3.63, 3.8) is 0 Å². The lowest BCUT2D eigenvalue weighted by atomic mass is 10.0. The summed E-state index contributed by atoms with van der Waals surface area (Å²) in [6.07, 6.45) is 7.08. The van der Waals surface area contributed by atoms with Crippen LogP contribution in [0.25, 0.3) is 17.2 Å². The minimum Gasteiger partial charge on any atom is -0.497 e. The fourth-order valence-electron chi connectivity index (χ4n) is 3.89. The zero-order valence-electron chi connectivity index (χ0n) is 25.8. The number of benzene rings is 2. The summed E-state index contributed by atoms with van der Waals surface area (Å²) in [6, 6.07) is 13.1. The molecule has 1 fully saturated rings. The number of aliphatic carboxylic acids is 1. The molecule has 0 aliphatic carbocycles. The number of rotatable bonds is 10. The molecule has 11 heteroatoms. The number of hydrazine groups is 1. The zero-order chi connectivity index (χ0) is 31.8. The smallest absolute Gasteiger partial charge is 0.328 e. The summed E-state index contributed by atoms with van der Waals surface area (Å²) in [5, 5.41) is 13.7. The van der Waals surface area contributed by atoms with E-state index in [1.807, 2.05) is 49.4 Å². The average Bonchev–Trinajstić information content (AvgIpc) is 3.04. The highest BCUT2D eigenvalue weighted by molar-refractivity contribution is 5.86. The number of anilines is 4. The van der Waals surface area contributed by atoms with Crippen molar-refractivity contribution in [3.05, 3.63) is 72.6 Å². The van der Waals surface area contributed by atoms with Crippen molar-refractivity contribution in [1.29, 1.82) is 0 Å². The Morgan fingerprint density at radius 2 is 1.88 bits per heavy atom. The van der Waals surface area contributed by atoms with E-state index in [4.69, 9.17) is 25.4 Å². The highest BCUT2D eigenvalue weighted by atomic mass is 16.5. The Bertz CT molecular complexity index is 1360. The molecule has 11 nitrogen and oxygen atoms in total. The first-order chi connectivity index (χ1) is 20.7. The van der Waals surface area contributed by atoms with Gasteiger partial charge in [0.1, 0.15) is 11.6 Å². The van der Waals surface area contributed by atoms with E-state index in [-0.39, 0.29) is 0 Å². The van der Waals surface area contributed by atoms with Crippen molar-refractivity contribution in [1.82, 2.24) is 9.97 Å². The topological polar surface area (TPSA) is 152 Å². The molecule has 2 aromatic carbocycles. The van der Waals surface area contributed by atoms with Crippen molar-refractivity contribution in [2.45, 2.75) is 33.6 Å². The molecule has 1 aliphatic heterocycles. The van der Waals surface area contributed by atoms with E-state index >= 15 is 0 Å². The fraction of sp³-hybridized carbons (Fsp3) is 0.344. The van der Waals surface area contributed by atoms with Crippen molar-refractivity contribution in [2.24, 2.45) is 11.6 Å². The van der Waals surface area contributed by atoms with Crippen LogP contribution in [0.4, 0.5) is 23.1 Å². The molecule has 3 aromatic rings. The third kappa shape index (κ3) is 10.7. The standard InChI is InChI=1S/C27H30N6O4.C4H10.CH5N/c1-18(2)33(28)22-14-21(15-23(16-22)36-3)30-27-29-17-24(26(31-27)32-9-11-37-12-10-32)20-6-4-5-19(13-20)7-8-25(34)35;1-3-4-2;1-2/h4-8,13-17H,1,9-12,28H2,2-3H3,(H,34,35)(H,29,30,31);3-4H2,1-2H3;2H2,1H3/b8-7+;;. The summed E-state index contributed by atoms with van der Waals surface area (Å²) in [4.78, 5) is 22.6. The quantitative estimate of drug-likeness (QED) is 0.136. The highest BCUT2D eigenvalue weighted by Gasteiger charge is 2.19. The monoisotopic (exact) mass is 591 g/mol. The lowest BCUT2D eigenvalue weighted by Gasteiger charge is -2.29. The molecule has 0 radical (unpaired) electrons. The summed E-state index contributed by atoms with van der Waals surface area (Å²) >= 11 is 0. The normalized spacial score (nSPS) is 12.4. The second kappa shape index (κ2) is 18.2. The SMILES string of the molecule is C=C(C)N(N)c1cc(Nc2ncc(-c3cccc(/C=C/C(=O)O)c3)c(N3CCOCC3)n2)cc(OC)c1.CCCC.CN. The number of morpholine rings is 1. The predicted octanol–water partition coefficient (Wildman–Crippen LogP) is 5.43. The predicted molar refractivity (Wildman–Crippen MR) is 176 cm³/mol. The summed E-state index contributed by atoms with van der Waals surface area (Å²) in [6.45, 7) is 12.6. The largest absolute Gasteiger partial charge is 0.497 e. The number of unbranched alkanes of at least 4 members (excludes halogenated alkanes) is 1. The van der Waals surface area contributed by atoms with Crippen LogP contribution in [-0.4, -0.2) is 61.5 Å². The molecular formula is C32H45N7O4. The third-order valence-corrected chi connectivity index (χ3v) is 6.27. The van der Waals surface area contributed by atoms with Crippen molar-refractivity contribution >= 4 is 35.2 Å². The maximum absolute atomic E-state index is 11.0. The number of hydrogen-bond acceptors (Lipinski definition) is 10. The lowest BCUT2D eigenvalue weighted by molar-refractivity contribution is -0.131. The molecule has 2 heterocycles. The number of nitrogens with one attached hydrogen (secondary N) is 1. The fourth-order valence-corrected chi connectivity index (χ4v) is 3.89. The number of allylic oxidation sites excluding steroid dienone is 1. The third-order valence-electron chi connectivity index (χ3n) is 6.27. The molecule has 1 aliphatic rings. The van der Waals surface area contributed by atoms with E-state index in [2.05, 4.69) is 41.4 Å². The minimum absolute atomic E-state index is 0.408. The van der Waals surface area contributed by atoms with Gasteiger partial charge in [0.25, 0.3) is 0 Å². The van der Waals surface area contributed by atoms with Crippen molar-refractivity contribution in [3.8, 4) is 16.9 Å². The van der Waals surface area contributed by atoms with Crippen LogP contribution in [0, 0.1) is 0 Å². The van der Waals surface area contributed by atoms with E-state index in [0.717, 1.165) is 28.6 Å². The highest BCUT2D eigenvalue weighted by Crippen LogP contribution is 2.33. The van der Waals surface area contributed by atoms with E-state index in [1.54, 1.807) is 19.4 Å². The molecule has 6 N–H and O–H groups in total. The average molecular weight is 592 g/mol. The zero-order valence-corrected chi connectivity index (χ0v) is 25.8. The summed E-state index contributed by atoms with van der Waals surface area (Å²) < 4.78 is 11.0. The Labute approximate surface area is 254 Å². The first-order valence-corrected chi connectivity index (χ1v) is 14.2. The number of nitrogens with two attached hydrogens (primary N) is 2. The number of carboxylic acid groups (broad SMARTS) is 1. The number of carboxylic acids is 1. The summed E-state index contributed by atoms with van der Waals surface area (Å²) in [5.74, 6) is 6.92. The lowest BCUT2D eigenvalue weighted by Crippen LogP contribution is -2.37. The van der Waals surface area contributed by atoms with Gasteiger partial charge in [0, 0.05) is 54.4 Å². The number of carbonyl (C=O) groups is 1. The molecule has 0 spiro atoms. The van der Waals surface area contributed by atoms with Gasteiger partial charge in [-0.1, -0.05) is 51.5 Å². The van der Waals surface area contributed by atoms with Gasteiger partial charge in [0.2, 0.25) is 5.95 Å². The van der Waals surface area contributed by atoms with Gasteiger partial charge in [-0.05, 0) is 43.3 Å². The second-order valence-electron chi connectivity index (χ2n) is 9.48. The van der Waals surface area contributed by atoms with Crippen molar-refractivity contribution < 1.29 is 19.4 Å². The molecule has 0 amide bonds. The van der Waals surface area contributed by atoms with E-state index in [1.165, 1.54) is 24.9 Å². The Hall–Kier alpha value is -4.45. The molecule has 0 saturated carbocycles. The Kier molecular flexibility index (Phi) is 14.7. The maximum atomic E-state index is 11.0. The van der Waals surface area contributed by atoms with Crippen LogP contribution in [-0.2, 0) is 9.53 Å². The molecular weight excluding hydrogens is 546 g/mol. The molecule has 0 atom stereocenters. The van der Waals surface area contributed by atoms with Crippen molar-refractivity contribution in [2.75, 3.05) is 55.7 Å². The van der Waals surface area contributed by atoms with Gasteiger partial charge in [-0.25, -0.2) is 15.6 Å². The van der Waals surface area contributed by atoms with Crippen LogP contribution in [0.15, 0.2) is 67.0 Å². The molecule has 1 aromatic heterocycles.